The number of amidine groups is 1. The molecule has 0 saturated carbocycles. The smallest absolute Gasteiger partial charge is 0.141 e. The third kappa shape index (κ3) is 2.70. The first-order valence-corrected chi connectivity index (χ1v) is 4.67. The zero-order valence-corrected chi connectivity index (χ0v) is 8.85. The van der Waals surface area contributed by atoms with E-state index in [0.717, 1.165) is 0 Å². The molecule has 0 bridgehead atoms. The SMILES string of the molecule is CC(C)C(N)=Nc1ccc(F)c(Cl)c1. The number of benzene rings is 1. The largest absolute Gasteiger partial charge is 0.387 e. The summed E-state index contributed by atoms with van der Waals surface area (Å²) in [5, 5.41) is 0.0582. The van der Waals surface area contributed by atoms with E-state index in [2.05, 4.69) is 4.99 Å². The Hall–Kier alpha value is -1.09. The highest BCUT2D eigenvalue weighted by molar-refractivity contribution is 6.31. The van der Waals surface area contributed by atoms with Gasteiger partial charge in [0.15, 0.2) is 0 Å². The predicted octanol–water partition coefficient (Wildman–Crippen LogP) is 3.12. The summed E-state index contributed by atoms with van der Waals surface area (Å²) < 4.78 is 12.8. The van der Waals surface area contributed by atoms with Crippen LogP contribution in [0, 0.1) is 11.7 Å². The summed E-state index contributed by atoms with van der Waals surface area (Å²) in [4.78, 5) is 4.10. The van der Waals surface area contributed by atoms with Gasteiger partial charge in [0.05, 0.1) is 10.7 Å². The van der Waals surface area contributed by atoms with Crippen molar-refractivity contribution in [1.29, 1.82) is 0 Å². The van der Waals surface area contributed by atoms with Gasteiger partial charge >= 0.3 is 0 Å². The lowest BCUT2D eigenvalue weighted by Crippen LogP contribution is -2.17. The highest BCUT2D eigenvalue weighted by Gasteiger charge is 2.02. The Kier molecular flexibility index (Phi) is 3.47. The number of aliphatic imine (C=N–C) groups is 1. The summed E-state index contributed by atoms with van der Waals surface area (Å²) in [6.45, 7) is 3.87. The first kappa shape index (κ1) is 11.0. The molecule has 0 saturated heterocycles. The maximum atomic E-state index is 12.8. The summed E-state index contributed by atoms with van der Waals surface area (Å²) in [7, 11) is 0. The fourth-order valence-electron chi connectivity index (χ4n) is 0.833. The Balaban J connectivity index is 2.98. The Morgan fingerprint density at radius 3 is 2.64 bits per heavy atom. The molecule has 0 radical (unpaired) electrons. The molecule has 0 aliphatic carbocycles. The Morgan fingerprint density at radius 1 is 1.50 bits per heavy atom. The lowest BCUT2D eigenvalue weighted by atomic mass is 10.2. The van der Waals surface area contributed by atoms with E-state index in [-0.39, 0.29) is 10.9 Å². The average molecular weight is 215 g/mol. The van der Waals surface area contributed by atoms with Gasteiger partial charge in [-0.25, -0.2) is 9.38 Å². The highest BCUT2D eigenvalue weighted by atomic mass is 35.5. The van der Waals surface area contributed by atoms with Crippen molar-refractivity contribution in [3.8, 4) is 0 Å². The standard InChI is InChI=1S/C10H12ClFN2/c1-6(2)10(13)14-7-3-4-9(12)8(11)5-7/h3-6H,1-2H3,(H2,13,14). The lowest BCUT2D eigenvalue weighted by Gasteiger charge is -2.03. The van der Waals surface area contributed by atoms with Gasteiger partial charge < -0.3 is 5.73 Å². The molecular weight excluding hydrogens is 203 g/mol. The van der Waals surface area contributed by atoms with Crippen molar-refractivity contribution in [2.24, 2.45) is 16.6 Å². The molecule has 14 heavy (non-hydrogen) atoms. The van der Waals surface area contributed by atoms with E-state index in [1.54, 1.807) is 0 Å². The van der Waals surface area contributed by atoms with Gasteiger partial charge in [0.25, 0.3) is 0 Å². The number of nitrogens with two attached hydrogens (primary N) is 1. The Labute approximate surface area is 87.6 Å². The van der Waals surface area contributed by atoms with E-state index in [0.29, 0.717) is 11.5 Å². The van der Waals surface area contributed by atoms with Crippen molar-refractivity contribution in [3.63, 3.8) is 0 Å². The maximum Gasteiger partial charge on any atom is 0.141 e. The molecule has 1 aromatic carbocycles. The Bertz CT molecular complexity index is 361. The van der Waals surface area contributed by atoms with Crippen LogP contribution in [0.5, 0.6) is 0 Å². The molecule has 0 aromatic heterocycles. The van der Waals surface area contributed by atoms with Crippen LogP contribution in [0.15, 0.2) is 23.2 Å². The van der Waals surface area contributed by atoms with Crippen molar-refractivity contribution in [1.82, 2.24) is 0 Å². The van der Waals surface area contributed by atoms with Gasteiger partial charge in [0.2, 0.25) is 0 Å². The second-order valence-electron chi connectivity index (χ2n) is 3.29. The molecule has 0 aliphatic rings. The minimum atomic E-state index is -0.450. The van der Waals surface area contributed by atoms with Gasteiger partial charge in [-0.2, -0.15) is 0 Å². The number of hydrogen-bond donors (Lipinski definition) is 1. The van der Waals surface area contributed by atoms with Gasteiger partial charge in [-0.15, -0.1) is 0 Å². The third-order valence-corrected chi connectivity index (χ3v) is 2.04. The molecule has 4 heteroatoms. The molecule has 2 nitrogen and oxygen atoms in total. The average Bonchev–Trinajstić information content (AvgIpc) is 2.11. The van der Waals surface area contributed by atoms with Crippen LogP contribution < -0.4 is 5.73 Å². The molecule has 0 atom stereocenters. The minimum Gasteiger partial charge on any atom is -0.387 e. The first-order chi connectivity index (χ1) is 6.50. The van der Waals surface area contributed by atoms with E-state index in [1.807, 2.05) is 13.8 Å². The second kappa shape index (κ2) is 4.42. The second-order valence-corrected chi connectivity index (χ2v) is 3.70. The van der Waals surface area contributed by atoms with Gasteiger partial charge in [-0.1, -0.05) is 25.4 Å². The molecule has 1 rings (SSSR count). The number of rotatable bonds is 2. The quantitative estimate of drug-likeness (QED) is 0.596. The Morgan fingerprint density at radius 2 is 2.14 bits per heavy atom. The summed E-state index contributed by atoms with van der Waals surface area (Å²) in [6, 6.07) is 4.26. The van der Waals surface area contributed by atoms with Crippen LogP contribution in [0.4, 0.5) is 10.1 Å². The molecule has 0 amide bonds. The van der Waals surface area contributed by atoms with Crippen molar-refractivity contribution >= 4 is 23.1 Å². The van der Waals surface area contributed by atoms with Crippen molar-refractivity contribution in [2.45, 2.75) is 13.8 Å². The molecular formula is C10H12ClFN2. The molecule has 0 spiro atoms. The van der Waals surface area contributed by atoms with Gasteiger partial charge in [0.1, 0.15) is 11.7 Å². The zero-order chi connectivity index (χ0) is 10.7. The number of hydrogen-bond acceptors (Lipinski definition) is 1. The monoisotopic (exact) mass is 214 g/mol. The summed E-state index contributed by atoms with van der Waals surface area (Å²) in [5.41, 5.74) is 6.22. The molecule has 0 aliphatic heterocycles. The summed E-state index contributed by atoms with van der Waals surface area (Å²) in [5.74, 6) is 0.222. The first-order valence-electron chi connectivity index (χ1n) is 4.30. The topological polar surface area (TPSA) is 38.4 Å². The van der Waals surface area contributed by atoms with Crippen LogP contribution in [-0.4, -0.2) is 5.84 Å². The van der Waals surface area contributed by atoms with Gasteiger partial charge in [-0.3, -0.25) is 0 Å². The predicted molar refractivity (Wildman–Crippen MR) is 57.5 cm³/mol. The summed E-state index contributed by atoms with van der Waals surface area (Å²) in [6.07, 6.45) is 0. The van der Waals surface area contributed by atoms with E-state index in [9.17, 15) is 4.39 Å². The van der Waals surface area contributed by atoms with E-state index >= 15 is 0 Å². The summed E-state index contributed by atoms with van der Waals surface area (Å²) >= 11 is 5.59. The van der Waals surface area contributed by atoms with E-state index in [1.165, 1.54) is 18.2 Å². The van der Waals surface area contributed by atoms with Crippen LogP contribution in [0.1, 0.15) is 13.8 Å². The third-order valence-electron chi connectivity index (χ3n) is 1.75. The zero-order valence-electron chi connectivity index (χ0n) is 8.09. The van der Waals surface area contributed by atoms with E-state index in [4.69, 9.17) is 17.3 Å². The maximum absolute atomic E-state index is 12.8. The molecule has 0 heterocycles. The minimum absolute atomic E-state index is 0.0582. The van der Waals surface area contributed by atoms with Crippen LogP contribution >= 0.6 is 11.6 Å². The normalized spacial score (nSPS) is 12.2. The molecule has 0 fully saturated rings. The fraction of sp³-hybridized carbons (Fsp3) is 0.300. The van der Waals surface area contributed by atoms with Crippen LogP contribution in [-0.2, 0) is 0 Å². The van der Waals surface area contributed by atoms with Gasteiger partial charge in [-0.05, 0) is 18.2 Å². The fourth-order valence-corrected chi connectivity index (χ4v) is 1.01. The number of nitrogens with zero attached hydrogens (tertiary/aromatic N) is 1. The number of halogens is 2. The molecule has 1 aromatic rings. The van der Waals surface area contributed by atoms with Crippen LogP contribution in [0.2, 0.25) is 5.02 Å². The van der Waals surface area contributed by atoms with E-state index < -0.39 is 5.82 Å². The van der Waals surface area contributed by atoms with Crippen LogP contribution in [0.3, 0.4) is 0 Å². The van der Waals surface area contributed by atoms with Crippen molar-refractivity contribution < 1.29 is 4.39 Å². The molecule has 0 unspecified atom stereocenters. The van der Waals surface area contributed by atoms with Crippen LogP contribution in [0.25, 0.3) is 0 Å². The van der Waals surface area contributed by atoms with Crippen molar-refractivity contribution in [3.05, 3.63) is 29.0 Å². The molecule has 2 N–H and O–H groups in total. The lowest BCUT2D eigenvalue weighted by molar-refractivity contribution is 0.628. The van der Waals surface area contributed by atoms with Gasteiger partial charge in [0, 0.05) is 5.92 Å². The van der Waals surface area contributed by atoms with Crippen molar-refractivity contribution in [2.75, 3.05) is 0 Å². The molecule has 76 valence electrons. The highest BCUT2D eigenvalue weighted by Crippen LogP contribution is 2.21.